The fourth-order valence-corrected chi connectivity index (χ4v) is 4.12. The van der Waals surface area contributed by atoms with Crippen LogP contribution in [0.25, 0.3) is 11.5 Å². The molecule has 0 bridgehead atoms. The maximum absolute atomic E-state index is 12.8. The minimum Gasteiger partial charge on any atom is -0.273 e. The Morgan fingerprint density at radius 2 is 1.96 bits per heavy atom. The van der Waals surface area contributed by atoms with Crippen LogP contribution in [0.1, 0.15) is 10.4 Å². The topological polar surface area (TPSA) is 73.6 Å². The average Bonchev–Trinajstić information content (AvgIpc) is 3.13. The standard InChI is InChI=1S/C15H9Cl2N5OS/c16-9-2-1-3-10(17)8(9)6-12-14(23)22-13(20-21-15(22)24-12)11-7-18-4-5-19-11/h1-5,7,12H,6H2. The molecule has 120 valence electrons. The van der Waals surface area contributed by atoms with E-state index in [1.165, 1.54) is 16.3 Å². The Labute approximate surface area is 151 Å². The zero-order valence-electron chi connectivity index (χ0n) is 12.1. The number of carbonyl (C=O) groups excluding carboxylic acids is 1. The largest absolute Gasteiger partial charge is 0.273 e. The second kappa shape index (κ2) is 6.16. The predicted octanol–water partition coefficient (Wildman–Crippen LogP) is 3.40. The van der Waals surface area contributed by atoms with Gasteiger partial charge in [0.1, 0.15) is 5.69 Å². The van der Waals surface area contributed by atoms with E-state index in [4.69, 9.17) is 23.2 Å². The summed E-state index contributed by atoms with van der Waals surface area (Å²) in [5.41, 5.74) is 1.26. The van der Waals surface area contributed by atoms with E-state index in [-0.39, 0.29) is 11.2 Å². The molecule has 24 heavy (non-hydrogen) atoms. The zero-order valence-corrected chi connectivity index (χ0v) is 14.4. The van der Waals surface area contributed by atoms with Gasteiger partial charge in [0.15, 0.2) is 11.0 Å². The van der Waals surface area contributed by atoms with E-state index < -0.39 is 0 Å². The lowest BCUT2D eigenvalue weighted by Crippen LogP contribution is -2.21. The summed E-state index contributed by atoms with van der Waals surface area (Å²) < 4.78 is 1.48. The summed E-state index contributed by atoms with van der Waals surface area (Å²) in [6.45, 7) is 0. The number of fused-ring (bicyclic) bond motifs is 1. The molecule has 0 saturated carbocycles. The van der Waals surface area contributed by atoms with Crippen molar-refractivity contribution in [1.29, 1.82) is 0 Å². The molecule has 0 N–H and O–H groups in total. The normalized spacial score (nSPS) is 16.4. The summed E-state index contributed by atoms with van der Waals surface area (Å²) in [5, 5.41) is 9.41. The predicted molar refractivity (Wildman–Crippen MR) is 91.5 cm³/mol. The molecule has 6 nitrogen and oxygen atoms in total. The molecule has 3 heterocycles. The monoisotopic (exact) mass is 377 g/mol. The van der Waals surface area contributed by atoms with Crippen LogP contribution >= 0.6 is 35.0 Å². The van der Waals surface area contributed by atoms with E-state index in [1.54, 1.807) is 36.8 Å². The molecule has 0 fully saturated rings. The number of hydrogen-bond acceptors (Lipinski definition) is 6. The summed E-state index contributed by atoms with van der Waals surface area (Å²) in [6.07, 6.45) is 5.08. The van der Waals surface area contributed by atoms with E-state index in [2.05, 4.69) is 20.2 Å². The molecule has 0 amide bonds. The van der Waals surface area contributed by atoms with Crippen molar-refractivity contribution in [3.8, 4) is 11.5 Å². The molecule has 2 aromatic heterocycles. The second-order valence-corrected chi connectivity index (χ2v) is 7.07. The van der Waals surface area contributed by atoms with Crippen molar-refractivity contribution in [3.05, 3.63) is 52.4 Å². The van der Waals surface area contributed by atoms with Crippen LogP contribution in [0.2, 0.25) is 10.0 Å². The molecule has 0 aliphatic carbocycles. The number of aromatic nitrogens is 5. The fourth-order valence-electron chi connectivity index (χ4n) is 2.49. The van der Waals surface area contributed by atoms with Gasteiger partial charge in [-0.15, -0.1) is 10.2 Å². The first-order valence-electron chi connectivity index (χ1n) is 7.00. The van der Waals surface area contributed by atoms with Gasteiger partial charge in [0.2, 0.25) is 5.91 Å². The summed E-state index contributed by atoms with van der Waals surface area (Å²) in [7, 11) is 0. The lowest BCUT2D eigenvalue weighted by Gasteiger charge is -2.10. The third kappa shape index (κ3) is 2.58. The average molecular weight is 378 g/mol. The molecule has 0 spiro atoms. The molecule has 4 rings (SSSR count). The Morgan fingerprint density at radius 1 is 1.17 bits per heavy atom. The number of rotatable bonds is 3. The Kier molecular flexibility index (Phi) is 3.99. The highest BCUT2D eigenvalue weighted by molar-refractivity contribution is 8.00. The van der Waals surface area contributed by atoms with E-state index in [9.17, 15) is 4.79 Å². The number of carbonyl (C=O) groups is 1. The van der Waals surface area contributed by atoms with Gasteiger partial charge < -0.3 is 0 Å². The molecule has 1 aliphatic heterocycles. The van der Waals surface area contributed by atoms with E-state index in [1.807, 2.05) is 0 Å². The Hall–Kier alpha value is -1.96. The highest BCUT2D eigenvalue weighted by atomic mass is 35.5. The van der Waals surface area contributed by atoms with E-state index >= 15 is 0 Å². The Bertz CT molecular complexity index is 911. The van der Waals surface area contributed by atoms with Gasteiger partial charge in [-0.1, -0.05) is 41.0 Å². The zero-order chi connectivity index (χ0) is 16.7. The number of thioether (sulfide) groups is 1. The van der Waals surface area contributed by atoms with Crippen molar-refractivity contribution in [2.24, 2.45) is 0 Å². The smallest absolute Gasteiger partial charge is 0.248 e. The molecule has 0 radical (unpaired) electrons. The van der Waals surface area contributed by atoms with Crippen molar-refractivity contribution in [1.82, 2.24) is 24.7 Å². The first-order chi connectivity index (χ1) is 11.6. The molecule has 3 aromatic rings. The van der Waals surface area contributed by atoms with Gasteiger partial charge in [0.05, 0.1) is 11.4 Å². The Balaban J connectivity index is 1.66. The highest BCUT2D eigenvalue weighted by Crippen LogP contribution is 2.37. The van der Waals surface area contributed by atoms with Crippen molar-refractivity contribution >= 4 is 40.9 Å². The fraction of sp³-hybridized carbons (Fsp3) is 0.133. The number of hydrogen-bond donors (Lipinski definition) is 0. The van der Waals surface area contributed by atoms with Gasteiger partial charge in [-0.05, 0) is 24.1 Å². The van der Waals surface area contributed by atoms with Crippen molar-refractivity contribution in [3.63, 3.8) is 0 Å². The minimum absolute atomic E-state index is 0.114. The van der Waals surface area contributed by atoms with Crippen LogP contribution in [0, 0.1) is 0 Å². The molecule has 0 saturated heterocycles. The maximum Gasteiger partial charge on any atom is 0.248 e. The highest BCUT2D eigenvalue weighted by Gasteiger charge is 2.36. The lowest BCUT2D eigenvalue weighted by molar-refractivity contribution is 0.0911. The second-order valence-electron chi connectivity index (χ2n) is 5.08. The summed E-state index contributed by atoms with van der Waals surface area (Å²) >= 11 is 13.8. The van der Waals surface area contributed by atoms with Crippen LogP contribution in [-0.4, -0.2) is 35.9 Å². The van der Waals surface area contributed by atoms with Gasteiger partial charge in [0.25, 0.3) is 0 Å². The van der Waals surface area contributed by atoms with Crippen molar-refractivity contribution in [2.75, 3.05) is 0 Å². The van der Waals surface area contributed by atoms with Gasteiger partial charge in [0, 0.05) is 22.4 Å². The number of nitrogens with zero attached hydrogens (tertiary/aromatic N) is 5. The molecular weight excluding hydrogens is 369 g/mol. The SMILES string of the molecule is O=C1C(Cc2c(Cl)cccc2Cl)Sc2nnc(-c3cnccn3)n21. The molecule has 1 atom stereocenters. The van der Waals surface area contributed by atoms with Gasteiger partial charge in [-0.25, -0.2) is 9.55 Å². The maximum atomic E-state index is 12.8. The van der Waals surface area contributed by atoms with Crippen LogP contribution in [0.5, 0.6) is 0 Å². The van der Waals surface area contributed by atoms with Crippen LogP contribution < -0.4 is 0 Å². The third-order valence-electron chi connectivity index (χ3n) is 3.62. The van der Waals surface area contributed by atoms with Gasteiger partial charge >= 0.3 is 0 Å². The van der Waals surface area contributed by atoms with Crippen molar-refractivity contribution < 1.29 is 4.79 Å². The summed E-state index contributed by atoms with van der Waals surface area (Å²) in [6, 6.07) is 5.30. The first kappa shape index (κ1) is 15.6. The van der Waals surface area contributed by atoms with Crippen LogP contribution in [0.4, 0.5) is 0 Å². The van der Waals surface area contributed by atoms with Crippen LogP contribution in [-0.2, 0) is 6.42 Å². The van der Waals surface area contributed by atoms with E-state index in [0.717, 1.165) is 5.56 Å². The molecular formula is C15H9Cl2N5OS. The Morgan fingerprint density at radius 3 is 2.67 bits per heavy atom. The molecule has 1 aromatic carbocycles. The lowest BCUT2D eigenvalue weighted by atomic mass is 10.1. The number of halogens is 2. The quantitative estimate of drug-likeness (QED) is 0.696. The third-order valence-corrected chi connectivity index (χ3v) is 5.46. The van der Waals surface area contributed by atoms with Crippen LogP contribution in [0.3, 0.4) is 0 Å². The van der Waals surface area contributed by atoms with E-state index in [0.29, 0.717) is 33.1 Å². The van der Waals surface area contributed by atoms with Gasteiger partial charge in [-0.3, -0.25) is 9.78 Å². The molecule has 1 aliphatic rings. The number of benzene rings is 1. The summed E-state index contributed by atoms with van der Waals surface area (Å²) in [4.78, 5) is 21.0. The summed E-state index contributed by atoms with van der Waals surface area (Å²) in [5.74, 6) is 0.278. The van der Waals surface area contributed by atoms with Gasteiger partial charge in [-0.2, -0.15) is 0 Å². The first-order valence-corrected chi connectivity index (χ1v) is 8.64. The van der Waals surface area contributed by atoms with Crippen molar-refractivity contribution in [2.45, 2.75) is 16.8 Å². The minimum atomic E-state index is -0.358. The molecule has 1 unspecified atom stereocenters. The molecule has 9 heteroatoms. The van der Waals surface area contributed by atoms with Crippen LogP contribution in [0.15, 0.2) is 41.9 Å².